The van der Waals surface area contributed by atoms with E-state index in [0.29, 0.717) is 62.5 Å². The van der Waals surface area contributed by atoms with E-state index in [-0.39, 0.29) is 36.8 Å². The minimum absolute atomic E-state index is 0.0688. The van der Waals surface area contributed by atoms with Crippen LogP contribution >= 0.6 is 22.9 Å². The van der Waals surface area contributed by atoms with E-state index < -0.39 is 17.6 Å². The Morgan fingerprint density at radius 1 is 1.13 bits per heavy atom. The SMILES string of the molecule is COC1CCN(C2CCc3nc(C(F)(F)F)n(CCOc4ccc(Cl)cc4-c4cc(C)nc5c(C(C)=O)csc45)c(=O)c3C2)CC1. The highest BCUT2D eigenvalue weighted by Crippen LogP contribution is 2.40. The monoisotopic (exact) mass is 674 g/mol. The molecule has 1 saturated heterocycles. The lowest BCUT2D eigenvalue weighted by Gasteiger charge is -2.39. The zero-order valence-corrected chi connectivity index (χ0v) is 27.3. The first-order chi connectivity index (χ1) is 21.9. The summed E-state index contributed by atoms with van der Waals surface area (Å²) in [4.78, 5) is 36.8. The van der Waals surface area contributed by atoms with Gasteiger partial charge >= 0.3 is 6.18 Å². The summed E-state index contributed by atoms with van der Waals surface area (Å²) in [6.07, 6.45) is -1.50. The van der Waals surface area contributed by atoms with E-state index in [0.717, 1.165) is 36.2 Å². The number of Topliss-reactive ketones (excluding diaryl/α,β-unsaturated/α-hetero) is 1. The van der Waals surface area contributed by atoms with Gasteiger partial charge in [-0.15, -0.1) is 11.3 Å². The van der Waals surface area contributed by atoms with Crippen molar-refractivity contribution >= 4 is 38.9 Å². The lowest BCUT2D eigenvalue weighted by atomic mass is 9.90. The summed E-state index contributed by atoms with van der Waals surface area (Å²) in [5, 5.41) is 2.19. The number of hydrogen-bond donors (Lipinski definition) is 0. The van der Waals surface area contributed by atoms with Crippen LogP contribution in [0.25, 0.3) is 21.3 Å². The summed E-state index contributed by atoms with van der Waals surface area (Å²) < 4.78 is 55.7. The molecule has 244 valence electrons. The van der Waals surface area contributed by atoms with E-state index in [1.807, 2.05) is 13.0 Å². The van der Waals surface area contributed by atoms with Gasteiger partial charge in [-0.2, -0.15) is 13.2 Å². The van der Waals surface area contributed by atoms with Gasteiger partial charge in [0.2, 0.25) is 5.82 Å². The van der Waals surface area contributed by atoms with E-state index in [9.17, 15) is 22.8 Å². The first-order valence-electron chi connectivity index (χ1n) is 15.2. The summed E-state index contributed by atoms with van der Waals surface area (Å²) in [6, 6.07) is 6.91. The normalized spacial score (nSPS) is 17.8. The highest BCUT2D eigenvalue weighted by molar-refractivity contribution is 7.18. The zero-order valence-electron chi connectivity index (χ0n) is 25.7. The molecule has 2 aliphatic rings. The minimum Gasteiger partial charge on any atom is -0.491 e. The average Bonchev–Trinajstić information content (AvgIpc) is 3.46. The van der Waals surface area contributed by atoms with Gasteiger partial charge in [0, 0.05) is 59.0 Å². The molecule has 0 saturated carbocycles. The van der Waals surface area contributed by atoms with Crippen LogP contribution in [0, 0.1) is 6.92 Å². The number of ketones is 1. The molecule has 46 heavy (non-hydrogen) atoms. The number of alkyl halides is 3. The zero-order chi connectivity index (χ0) is 32.7. The molecule has 4 heterocycles. The van der Waals surface area contributed by atoms with Crippen LogP contribution in [0.3, 0.4) is 0 Å². The summed E-state index contributed by atoms with van der Waals surface area (Å²) in [6.45, 7) is 4.37. The highest BCUT2D eigenvalue weighted by Gasteiger charge is 2.39. The number of ether oxygens (including phenoxy) is 2. The summed E-state index contributed by atoms with van der Waals surface area (Å²) in [7, 11) is 1.70. The van der Waals surface area contributed by atoms with Gasteiger partial charge in [-0.3, -0.25) is 24.0 Å². The molecule has 4 aromatic rings. The van der Waals surface area contributed by atoms with Crippen LogP contribution < -0.4 is 10.3 Å². The Bertz CT molecular complexity index is 1850. The van der Waals surface area contributed by atoms with E-state index in [1.165, 1.54) is 18.3 Å². The number of aromatic nitrogens is 3. The quantitative estimate of drug-likeness (QED) is 0.191. The first-order valence-corrected chi connectivity index (χ1v) is 16.5. The van der Waals surface area contributed by atoms with Crippen molar-refractivity contribution < 1.29 is 27.4 Å². The molecule has 13 heteroatoms. The standard InChI is InChI=1S/C33H34ClF3N4O4S/c1-18-14-24(30-29(38-18)26(17-46-30)19(2)42)23-15-20(34)4-7-28(23)45-13-12-41-31(43)25-16-21(40-10-8-22(44-3)9-11-40)5-6-27(25)39-32(41)33(35,36)37/h4,7,14-15,17,21-22H,5-6,8-13,16H2,1-3H3. The second-order valence-corrected chi connectivity index (χ2v) is 13.2. The second-order valence-electron chi connectivity index (χ2n) is 11.9. The Kier molecular flexibility index (Phi) is 9.26. The van der Waals surface area contributed by atoms with Crippen LogP contribution in [0.1, 0.15) is 59.3 Å². The fraction of sp³-hybridized carbons (Fsp3) is 0.455. The fourth-order valence-electron chi connectivity index (χ4n) is 6.58. The molecule has 0 amide bonds. The third kappa shape index (κ3) is 6.45. The van der Waals surface area contributed by atoms with E-state index in [2.05, 4.69) is 14.9 Å². The van der Waals surface area contributed by atoms with Crippen LogP contribution in [0.5, 0.6) is 5.75 Å². The Morgan fingerprint density at radius 3 is 2.59 bits per heavy atom. The Balaban J connectivity index is 1.28. The van der Waals surface area contributed by atoms with Crippen molar-refractivity contribution in [1.82, 2.24) is 19.4 Å². The number of benzene rings is 1. The van der Waals surface area contributed by atoms with Crippen LogP contribution in [0.15, 0.2) is 34.4 Å². The van der Waals surface area contributed by atoms with Crippen LogP contribution in [-0.4, -0.2) is 64.2 Å². The number of carbonyl (C=O) groups is 1. The molecular weight excluding hydrogens is 641 g/mol. The Hall–Kier alpha value is -3.32. The molecule has 0 N–H and O–H groups in total. The second kappa shape index (κ2) is 13.1. The number of nitrogens with zero attached hydrogens (tertiary/aromatic N) is 4. The van der Waals surface area contributed by atoms with Gasteiger partial charge in [-0.1, -0.05) is 11.6 Å². The van der Waals surface area contributed by atoms with E-state index in [4.69, 9.17) is 21.1 Å². The topological polar surface area (TPSA) is 86.5 Å². The number of piperidine rings is 1. The van der Waals surface area contributed by atoms with Crippen molar-refractivity contribution in [3.05, 3.63) is 73.4 Å². The fourth-order valence-corrected chi connectivity index (χ4v) is 7.82. The third-order valence-electron chi connectivity index (χ3n) is 8.92. The Labute approximate surface area is 273 Å². The van der Waals surface area contributed by atoms with E-state index >= 15 is 0 Å². The number of aryl methyl sites for hydroxylation is 2. The number of hydrogen-bond acceptors (Lipinski definition) is 8. The number of likely N-dealkylation sites (tertiary alicyclic amines) is 1. The maximum atomic E-state index is 14.2. The lowest BCUT2D eigenvalue weighted by molar-refractivity contribution is -0.148. The number of pyridine rings is 1. The maximum Gasteiger partial charge on any atom is 0.449 e. The van der Waals surface area contributed by atoms with Gasteiger partial charge in [0.1, 0.15) is 12.4 Å². The maximum absolute atomic E-state index is 14.2. The Morgan fingerprint density at radius 2 is 1.89 bits per heavy atom. The predicted molar refractivity (Wildman–Crippen MR) is 171 cm³/mol. The summed E-state index contributed by atoms with van der Waals surface area (Å²) in [5.41, 5.74) is 3.01. The van der Waals surface area contributed by atoms with Crippen LogP contribution in [0.4, 0.5) is 13.2 Å². The predicted octanol–water partition coefficient (Wildman–Crippen LogP) is 6.75. The van der Waals surface area contributed by atoms with E-state index in [1.54, 1.807) is 30.7 Å². The average molecular weight is 675 g/mol. The molecule has 1 atom stereocenters. The number of halogens is 4. The van der Waals surface area contributed by atoms with Crippen LogP contribution in [-0.2, 0) is 30.3 Å². The molecule has 1 fully saturated rings. The largest absolute Gasteiger partial charge is 0.491 e. The number of methoxy groups -OCH3 is 1. The molecule has 0 bridgehead atoms. The summed E-state index contributed by atoms with van der Waals surface area (Å²) >= 11 is 7.74. The van der Waals surface area contributed by atoms with Gasteiger partial charge in [0.05, 0.1) is 34.1 Å². The number of fused-ring (bicyclic) bond motifs is 2. The van der Waals surface area contributed by atoms with Crippen LogP contribution in [0.2, 0.25) is 5.02 Å². The number of rotatable bonds is 8. The van der Waals surface area contributed by atoms with Crippen molar-refractivity contribution in [2.75, 3.05) is 26.8 Å². The van der Waals surface area contributed by atoms with Crippen molar-refractivity contribution in [1.29, 1.82) is 0 Å². The smallest absolute Gasteiger partial charge is 0.449 e. The molecule has 1 aromatic carbocycles. The molecule has 8 nitrogen and oxygen atoms in total. The molecule has 0 radical (unpaired) electrons. The lowest BCUT2D eigenvalue weighted by Crippen LogP contribution is -2.47. The molecule has 0 spiro atoms. The molecular formula is C33H34ClF3N4O4S. The van der Waals surface area contributed by atoms with Crippen molar-refractivity contribution in [3.8, 4) is 16.9 Å². The molecule has 1 aliphatic carbocycles. The first kappa shape index (κ1) is 32.6. The molecule has 1 unspecified atom stereocenters. The van der Waals surface area contributed by atoms with Crippen molar-refractivity contribution in [3.63, 3.8) is 0 Å². The van der Waals surface area contributed by atoms with Gasteiger partial charge in [-0.05, 0) is 70.2 Å². The van der Waals surface area contributed by atoms with Crippen molar-refractivity contribution in [2.45, 2.75) is 70.8 Å². The highest BCUT2D eigenvalue weighted by atomic mass is 35.5. The molecule has 3 aromatic heterocycles. The molecule has 6 rings (SSSR count). The summed E-state index contributed by atoms with van der Waals surface area (Å²) in [5.74, 6) is -0.942. The van der Waals surface area contributed by atoms with Gasteiger partial charge in [-0.25, -0.2) is 4.98 Å². The van der Waals surface area contributed by atoms with Gasteiger partial charge in [0.15, 0.2) is 5.78 Å². The number of carbonyl (C=O) groups excluding carboxylic acids is 1. The van der Waals surface area contributed by atoms with Gasteiger partial charge < -0.3 is 9.47 Å². The molecule has 1 aliphatic heterocycles. The van der Waals surface area contributed by atoms with Crippen molar-refractivity contribution in [2.24, 2.45) is 0 Å². The third-order valence-corrected chi connectivity index (χ3v) is 10.2. The number of thiophene rings is 1. The van der Waals surface area contributed by atoms with Gasteiger partial charge in [0.25, 0.3) is 5.56 Å². The minimum atomic E-state index is -4.81.